The number of carbonyl (C=O) groups is 1. The summed E-state index contributed by atoms with van der Waals surface area (Å²) in [5, 5.41) is 10.6. The number of aromatic nitrogens is 2. The SMILES string of the molecule is CC1CNc2c(sc3ccc(Nc4ncc(-c5cccc(F)c5)cn4)cc23)C(=O)N1. The molecule has 1 atom stereocenters. The number of rotatable bonds is 3. The molecule has 6 nitrogen and oxygen atoms in total. The Morgan fingerprint density at radius 3 is 2.77 bits per heavy atom. The first-order chi connectivity index (χ1) is 14.6. The molecule has 0 radical (unpaired) electrons. The van der Waals surface area contributed by atoms with Gasteiger partial charge in [0.2, 0.25) is 5.95 Å². The summed E-state index contributed by atoms with van der Waals surface area (Å²) in [5.41, 5.74) is 3.15. The lowest BCUT2D eigenvalue weighted by atomic mass is 10.1. The van der Waals surface area contributed by atoms with Gasteiger partial charge in [-0.1, -0.05) is 12.1 Å². The van der Waals surface area contributed by atoms with Gasteiger partial charge < -0.3 is 16.0 Å². The number of amides is 1. The van der Waals surface area contributed by atoms with E-state index in [4.69, 9.17) is 0 Å². The Morgan fingerprint density at radius 2 is 1.97 bits per heavy atom. The molecule has 3 heterocycles. The number of carbonyl (C=O) groups excluding carboxylic acids is 1. The van der Waals surface area contributed by atoms with E-state index in [1.807, 2.05) is 31.2 Å². The highest BCUT2D eigenvalue weighted by Gasteiger charge is 2.23. The van der Waals surface area contributed by atoms with Gasteiger partial charge in [-0.25, -0.2) is 14.4 Å². The van der Waals surface area contributed by atoms with Gasteiger partial charge in [-0.05, 0) is 42.8 Å². The summed E-state index contributed by atoms with van der Waals surface area (Å²) in [6.45, 7) is 2.65. The first-order valence-electron chi connectivity index (χ1n) is 9.53. The Hall–Kier alpha value is -3.52. The third-order valence-corrected chi connectivity index (χ3v) is 6.09. The first kappa shape index (κ1) is 18.5. The van der Waals surface area contributed by atoms with E-state index in [2.05, 4.69) is 25.9 Å². The molecule has 2 aromatic carbocycles. The van der Waals surface area contributed by atoms with E-state index >= 15 is 0 Å². The van der Waals surface area contributed by atoms with Gasteiger partial charge >= 0.3 is 0 Å². The van der Waals surface area contributed by atoms with E-state index in [0.717, 1.165) is 32.6 Å². The van der Waals surface area contributed by atoms with Gasteiger partial charge in [-0.2, -0.15) is 0 Å². The summed E-state index contributed by atoms with van der Waals surface area (Å²) in [5.74, 6) is 0.0965. The second kappa shape index (κ2) is 7.38. The van der Waals surface area contributed by atoms with Crippen molar-refractivity contribution in [1.82, 2.24) is 15.3 Å². The fraction of sp³-hybridized carbons (Fsp3) is 0.136. The van der Waals surface area contributed by atoms with E-state index in [1.165, 1.54) is 23.5 Å². The van der Waals surface area contributed by atoms with Crippen molar-refractivity contribution in [1.29, 1.82) is 0 Å². The average Bonchev–Trinajstić information content (AvgIpc) is 3.04. The van der Waals surface area contributed by atoms with Crippen molar-refractivity contribution < 1.29 is 9.18 Å². The Bertz CT molecular complexity index is 1250. The van der Waals surface area contributed by atoms with Crippen LogP contribution in [0.3, 0.4) is 0 Å². The predicted octanol–water partition coefficient (Wildman–Crippen LogP) is 4.78. The molecule has 5 rings (SSSR count). The summed E-state index contributed by atoms with van der Waals surface area (Å²) in [4.78, 5) is 21.8. The van der Waals surface area contributed by atoms with Gasteiger partial charge in [-0.3, -0.25) is 4.79 Å². The van der Waals surface area contributed by atoms with E-state index in [-0.39, 0.29) is 17.8 Å². The van der Waals surface area contributed by atoms with E-state index in [9.17, 15) is 9.18 Å². The maximum Gasteiger partial charge on any atom is 0.263 e. The third kappa shape index (κ3) is 3.46. The molecule has 0 aliphatic carbocycles. The molecule has 1 unspecified atom stereocenters. The Morgan fingerprint density at radius 1 is 1.13 bits per heavy atom. The Labute approximate surface area is 176 Å². The molecule has 0 saturated heterocycles. The highest BCUT2D eigenvalue weighted by molar-refractivity contribution is 7.21. The minimum Gasteiger partial charge on any atom is -0.381 e. The quantitative estimate of drug-likeness (QED) is 0.445. The van der Waals surface area contributed by atoms with Crippen LogP contribution in [0.4, 0.5) is 21.7 Å². The zero-order chi connectivity index (χ0) is 20.7. The van der Waals surface area contributed by atoms with E-state index in [0.29, 0.717) is 17.4 Å². The number of anilines is 3. The lowest BCUT2D eigenvalue weighted by Crippen LogP contribution is -2.34. The van der Waals surface area contributed by atoms with Gasteiger partial charge in [0.05, 0.1) is 5.69 Å². The molecule has 3 N–H and O–H groups in total. The van der Waals surface area contributed by atoms with Crippen molar-refractivity contribution in [2.45, 2.75) is 13.0 Å². The summed E-state index contributed by atoms with van der Waals surface area (Å²) < 4.78 is 14.5. The number of thiophene rings is 1. The second-order valence-electron chi connectivity index (χ2n) is 7.20. The lowest BCUT2D eigenvalue weighted by Gasteiger charge is -2.10. The van der Waals surface area contributed by atoms with Crippen LogP contribution in [0.2, 0.25) is 0 Å². The van der Waals surface area contributed by atoms with Gasteiger partial charge in [0.15, 0.2) is 0 Å². The van der Waals surface area contributed by atoms with Crippen LogP contribution in [-0.2, 0) is 0 Å². The molecule has 150 valence electrons. The smallest absolute Gasteiger partial charge is 0.263 e. The molecule has 8 heteroatoms. The van der Waals surface area contributed by atoms with Crippen LogP contribution in [-0.4, -0.2) is 28.5 Å². The second-order valence-corrected chi connectivity index (χ2v) is 8.26. The highest BCUT2D eigenvalue weighted by atomic mass is 32.1. The minimum absolute atomic E-state index is 0.0468. The van der Waals surface area contributed by atoms with Gasteiger partial charge in [-0.15, -0.1) is 11.3 Å². The fourth-order valence-corrected chi connectivity index (χ4v) is 4.51. The normalized spacial score (nSPS) is 15.8. The molecule has 4 aromatic rings. The van der Waals surface area contributed by atoms with Crippen LogP contribution in [0.1, 0.15) is 16.6 Å². The molecule has 1 aliphatic rings. The molecular formula is C22H18FN5OS. The largest absolute Gasteiger partial charge is 0.381 e. The van der Waals surface area contributed by atoms with Crippen LogP contribution in [0.15, 0.2) is 54.9 Å². The number of nitrogens with one attached hydrogen (secondary N) is 3. The molecule has 0 bridgehead atoms. The molecule has 1 aliphatic heterocycles. The topological polar surface area (TPSA) is 78.9 Å². The summed E-state index contributed by atoms with van der Waals surface area (Å²) in [6, 6.07) is 12.3. The number of halogens is 1. The third-order valence-electron chi connectivity index (χ3n) is 4.92. The van der Waals surface area contributed by atoms with Gasteiger partial charge in [0.25, 0.3) is 5.91 Å². The van der Waals surface area contributed by atoms with Crippen molar-refractivity contribution in [3.63, 3.8) is 0 Å². The molecule has 0 spiro atoms. The van der Waals surface area contributed by atoms with Crippen molar-refractivity contribution in [2.75, 3.05) is 17.2 Å². The fourth-order valence-electron chi connectivity index (χ4n) is 3.45. The molecule has 2 aromatic heterocycles. The standard InChI is InChI=1S/C22H18FN5OS/c1-12-9-24-19-17-8-16(5-6-18(17)30-20(19)21(29)27-12)28-22-25-10-14(11-26-22)13-3-2-4-15(23)7-13/h2-8,10-12,24H,9H2,1H3,(H,27,29)(H,25,26,28). The number of hydrogen-bond donors (Lipinski definition) is 3. The molecule has 0 fully saturated rings. The maximum atomic E-state index is 13.4. The molecular weight excluding hydrogens is 401 g/mol. The first-order valence-corrected chi connectivity index (χ1v) is 10.3. The minimum atomic E-state index is -0.297. The Kier molecular flexibility index (Phi) is 4.55. The zero-order valence-corrected chi connectivity index (χ0v) is 16.9. The number of hydrogen-bond acceptors (Lipinski definition) is 6. The van der Waals surface area contributed by atoms with Crippen LogP contribution < -0.4 is 16.0 Å². The Balaban J connectivity index is 1.42. The molecule has 0 saturated carbocycles. The summed E-state index contributed by atoms with van der Waals surface area (Å²) in [6.07, 6.45) is 3.32. The summed E-state index contributed by atoms with van der Waals surface area (Å²) in [7, 11) is 0. The number of benzene rings is 2. The molecule has 30 heavy (non-hydrogen) atoms. The number of nitrogens with zero attached hydrogens (tertiary/aromatic N) is 2. The van der Waals surface area contributed by atoms with Gasteiger partial charge in [0, 0.05) is 46.3 Å². The van der Waals surface area contributed by atoms with Crippen molar-refractivity contribution in [3.05, 3.63) is 65.6 Å². The van der Waals surface area contributed by atoms with Crippen molar-refractivity contribution in [2.24, 2.45) is 0 Å². The van der Waals surface area contributed by atoms with Crippen LogP contribution in [0, 0.1) is 5.82 Å². The zero-order valence-electron chi connectivity index (χ0n) is 16.1. The maximum absolute atomic E-state index is 13.4. The lowest BCUT2D eigenvalue weighted by molar-refractivity contribution is 0.0949. The monoisotopic (exact) mass is 419 g/mol. The van der Waals surface area contributed by atoms with Crippen molar-refractivity contribution in [3.8, 4) is 11.1 Å². The van der Waals surface area contributed by atoms with Crippen LogP contribution in [0.5, 0.6) is 0 Å². The van der Waals surface area contributed by atoms with E-state index in [1.54, 1.807) is 18.5 Å². The van der Waals surface area contributed by atoms with Crippen molar-refractivity contribution >= 4 is 44.7 Å². The predicted molar refractivity (Wildman–Crippen MR) is 118 cm³/mol. The number of fused-ring (bicyclic) bond motifs is 3. The molecule has 1 amide bonds. The highest BCUT2D eigenvalue weighted by Crippen LogP contribution is 2.38. The van der Waals surface area contributed by atoms with E-state index < -0.39 is 0 Å². The summed E-state index contributed by atoms with van der Waals surface area (Å²) >= 11 is 1.47. The van der Waals surface area contributed by atoms with Gasteiger partial charge in [0.1, 0.15) is 10.7 Å². The van der Waals surface area contributed by atoms with Crippen LogP contribution in [0.25, 0.3) is 21.2 Å². The average molecular weight is 419 g/mol. The van der Waals surface area contributed by atoms with Crippen LogP contribution >= 0.6 is 11.3 Å².